The van der Waals surface area contributed by atoms with E-state index in [-0.39, 0.29) is 46.3 Å². The fourth-order valence-corrected chi connectivity index (χ4v) is 2.24. The quantitative estimate of drug-likeness (QED) is 0.212. The smallest absolute Gasteiger partial charge is 0.323 e. The number of carbonyl (C=O) groups is 1. The summed E-state index contributed by atoms with van der Waals surface area (Å²) in [6, 6.07) is 0. The fraction of sp³-hybridized carbons (Fsp3) is 0.727. The van der Waals surface area contributed by atoms with E-state index in [4.69, 9.17) is 4.55 Å². The van der Waals surface area contributed by atoms with Crippen molar-refractivity contribution in [2.75, 3.05) is 6.54 Å². The van der Waals surface area contributed by atoms with Gasteiger partial charge in [-0.2, -0.15) is 8.42 Å². The Kier molecular flexibility index (Phi) is 15.4. The predicted octanol–water partition coefficient (Wildman–Crippen LogP) is 2.13. The summed E-state index contributed by atoms with van der Waals surface area (Å²) in [7, 11) is -3.91. The second-order valence-electron chi connectivity index (χ2n) is 3.89. The molecule has 1 radical (unpaired) electrons. The van der Waals surface area contributed by atoms with Crippen LogP contribution >= 0.6 is 10.8 Å². The maximum absolute atomic E-state index is 11.2. The van der Waals surface area contributed by atoms with Gasteiger partial charge in [-0.3, -0.25) is 9.35 Å². The van der Waals surface area contributed by atoms with Crippen LogP contribution in [0.4, 0.5) is 0 Å². The van der Waals surface area contributed by atoms with Gasteiger partial charge >= 0.3 is 9.15 Å². The Hall–Kier alpha value is 0.470. The van der Waals surface area contributed by atoms with Gasteiger partial charge in [0.1, 0.15) is 0 Å². The van der Waals surface area contributed by atoms with E-state index in [0.717, 1.165) is 24.3 Å². The van der Waals surface area contributed by atoms with E-state index in [0.29, 0.717) is 6.54 Å². The van der Waals surface area contributed by atoms with Crippen molar-refractivity contribution in [2.24, 2.45) is 0 Å². The number of nitrogens with one attached hydrogen (secondary N) is 1. The zero-order chi connectivity index (χ0) is 13.9. The Morgan fingerprint density at radius 2 is 1.79 bits per heavy atom. The standard InChI is InChI=1S/C11H21NO4S2.Na/c1-2-3-4-5-6-7-9-12-11(13)8-10-17-18(14,15)16;/h8,10H,2-7,9H2,1H3,(H,12,13)(H,14,15,16);/b10-8-;. The molecule has 5 nitrogen and oxygen atoms in total. The molecule has 0 unspecified atom stereocenters. The number of hydrogen-bond donors (Lipinski definition) is 2. The minimum Gasteiger partial charge on any atom is -0.353 e. The second-order valence-corrected chi connectivity index (χ2v) is 7.05. The van der Waals surface area contributed by atoms with Crippen LogP contribution in [0.2, 0.25) is 0 Å². The van der Waals surface area contributed by atoms with E-state index in [1.165, 1.54) is 25.7 Å². The summed E-state index contributed by atoms with van der Waals surface area (Å²) in [6.07, 6.45) is 7.98. The molecule has 0 aliphatic rings. The van der Waals surface area contributed by atoms with E-state index >= 15 is 0 Å². The van der Waals surface area contributed by atoms with Gasteiger partial charge in [0.25, 0.3) is 0 Å². The first-order chi connectivity index (χ1) is 8.45. The van der Waals surface area contributed by atoms with Gasteiger partial charge in [-0.1, -0.05) is 39.0 Å². The molecule has 0 atom stereocenters. The molecule has 0 aromatic heterocycles. The number of rotatable bonds is 10. The molecule has 0 aromatic carbocycles. The van der Waals surface area contributed by atoms with Crippen LogP contribution in [0.25, 0.3) is 0 Å². The second kappa shape index (κ2) is 13.5. The van der Waals surface area contributed by atoms with Gasteiger partial charge in [0.05, 0.1) is 0 Å². The number of unbranched alkanes of at least 4 members (excludes halogenated alkanes) is 5. The van der Waals surface area contributed by atoms with Crippen LogP contribution in [-0.4, -0.2) is 55.0 Å². The van der Waals surface area contributed by atoms with Crippen molar-refractivity contribution in [1.82, 2.24) is 5.32 Å². The first-order valence-electron chi connectivity index (χ1n) is 6.06. The van der Waals surface area contributed by atoms with Crippen molar-refractivity contribution in [3.63, 3.8) is 0 Å². The van der Waals surface area contributed by atoms with Gasteiger partial charge in [0.15, 0.2) is 0 Å². The van der Waals surface area contributed by atoms with Gasteiger partial charge in [-0.15, -0.1) is 0 Å². The van der Waals surface area contributed by atoms with Crippen LogP contribution < -0.4 is 5.32 Å². The molecular formula is C11H21NNaO4S2. The molecule has 0 saturated carbocycles. The molecule has 0 heterocycles. The average molecular weight is 318 g/mol. The van der Waals surface area contributed by atoms with Crippen LogP contribution in [0, 0.1) is 0 Å². The summed E-state index contributed by atoms with van der Waals surface area (Å²) in [6.45, 7) is 2.75. The maximum Gasteiger partial charge on any atom is 0.323 e. The summed E-state index contributed by atoms with van der Waals surface area (Å²) >= 11 is 0. The molecule has 107 valence electrons. The summed E-state index contributed by atoms with van der Waals surface area (Å²) < 4.78 is 29.1. The van der Waals surface area contributed by atoms with Crippen LogP contribution in [0.1, 0.15) is 45.4 Å². The first kappa shape index (κ1) is 21.8. The average Bonchev–Trinajstić information content (AvgIpc) is 2.26. The third kappa shape index (κ3) is 18.5. The fourth-order valence-electron chi connectivity index (χ4n) is 1.34. The third-order valence-electron chi connectivity index (χ3n) is 2.23. The van der Waals surface area contributed by atoms with E-state index in [9.17, 15) is 13.2 Å². The Labute approximate surface area is 141 Å². The Bertz CT molecular complexity index is 358. The predicted molar refractivity (Wildman–Crippen MR) is 80.4 cm³/mol. The van der Waals surface area contributed by atoms with Crippen molar-refractivity contribution in [1.29, 1.82) is 0 Å². The Morgan fingerprint density at radius 3 is 2.37 bits per heavy atom. The SMILES string of the molecule is CCCCCCCCNC(=O)/C=C\SS(=O)(=O)O.[Na]. The molecule has 0 saturated heterocycles. The van der Waals surface area contributed by atoms with E-state index in [1.54, 1.807) is 0 Å². The number of amides is 1. The summed E-state index contributed by atoms with van der Waals surface area (Å²) in [5.41, 5.74) is 0. The Morgan fingerprint density at radius 1 is 1.21 bits per heavy atom. The van der Waals surface area contributed by atoms with Crippen LogP contribution in [0.15, 0.2) is 11.5 Å². The topological polar surface area (TPSA) is 83.5 Å². The van der Waals surface area contributed by atoms with Crippen LogP contribution in [0.3, 0.4) is 0 Å². The minimum absolute atomic E-state index is 0. The van der Waals surface area contributed by atoms with Crippen molar-refractivity contribution < 1.29 is 17.8 Å². The first-order valence-corrected chi connectivity index (χ1v) is 8.89. The monoisotopic (exact) mass is 318 g/mol. The molecule has 2 N–H and O–H groups in total. The van der Waals surface area contributed by atoms with Gasteiger partial charge in [-0.25, -0.2) is 0 Å². The van der Waals surface area contributed by atoms with Gasteiger partial charge < -0.3 is 5.32 Å². The molecule has 0 spiro atoms. The molecule has 19 heavy (non-hydrogen) atoms. The Balaban J connectivity index is 0. The van der Waals surface area contributed by atoms with Gasteiger partial charge in [0.2, 0.25) is 5.91 Å². The largest absolute Gasteiger partial charge is 0.353 e. The van der Waals surface area contributed by atoms with E-state index in [2.05, 4.69) is 12.2 Å². The molecule has 8 heteroatoms. The van der Waals surface area contributed by atoms with Gasteiger partial charge in [-0.05, 0) is 11.8 Å². The molecule has 0 rings (SSSR count). The number of hydrogen-bond acceptors (Lipinski definition) is 4. The molecule has 1 amide bonds. The zero-order valence-electron chi connectivity index (χ0n) is 11.6. The van der Waals surface area contributed by atoms with Crippen molar-refractivity contribution in [3.05, 3.63) is 11.5 Å². The molecule has 0 bridgehead atoms. The van der Waals surface area contributed by atoms with Crippen LogP contribution in [0.5, 0.6) is 0 Å². The zero-order valence-corrected chi connectivity index (χ0v) is 15.2. The maximum atomic E-state index is 11.2. The third-order valence-corrected chi connectivity index (χ3v) is 3.78. The molecule has 0 aliphatic carbocycles. The van der Waals surface area contributed by atoms with E-state index in [1.807, 2.05) is 0 Å². The summed E-state index contributed by atoms with van der Waals surface area (Å²) in [5, 5.41) is 3.69. The molecular weight excluding hydrogens is 297 g/mol. The van der Waals surface area contributed by atoms with Crippen LogP contribution in [-0.2, 0) is 13.9 Å². The molecule has 0 aromatic rings. The molecule has 0 aliphatic heterocycles. The normalized spacial score (nSPS) is 11.3. The number of carbonyl (C=O) groups excluding carboxylic acids is 1. The van der Waals surface area contributed by atoms with Crippen molar-refractivity contribution >= 4 is 55.4 Å². The van der Waals surface area contributed by atoms with E-state index < -0.39 is 9.15 Å². The van der Waals surface area contributed by atoms with Crippen molar-refractivity contribution in [2.45, 2.75) is 45.4 Å². The molecule has 0 fully saturated rings. The summed E-state index contributed by atoms with van der Waals surface area (Å²) in [5.74, 6) is -0.347. The van der Waals surface area contributed by atoms with Gasteiger partial charge in [0, 0.05) is 53.0 Å². The minimum atomic E-state index is -4.11. The summed E-state index contributed by atoms with van der Waals surface area (Å²) in [4.78, 5) is 11.2. The van der Waals surface area contributed by atoms with Crippen molar-refractivity contribution in [3.8, 4) is 0 Å².